The Balaban J connectivity index is 2.00. The Morgan fingerprint density at radius 3 is 2.76 bits per heavy atom. The molecule has 0 spiro atoms. The van der Waals surface area contributed by atoms with E-state index >= 15 is 0 Å². The van der Waals surface area contributed by atoms with Crippen molar-refractivity contribution in [2.45, 2.75) is 24.7 Å². The van der Waals surface area contributed by atoms with Crippen LogP contribution in [0.1, 0.15) is 32.8 Å². The minimum atomic E-state index is -0.447. The van der Waals surface area contributed by atoms with Gasteiger partial charge in [-0.05, 0) is 30.4 Å². The van der Waals surface area contributed by atoms with Gasteiger partial charge in [-0.3, -0.25) is 9.79 Å². The maximum atomic E-state index is 11.7. The van der Waals surface area contributed by atoms with Gasteiger partial charge in [-0.1, -0.05) is 30.3 Å². The van der Waals surface area contributed by atoms with Gasteiger partial charge in [0, 0.05) is 10.3 Å². The van der Waals surface area contributed by atoms with Gasteiger partial charge in [0.2, 0.25) is 0 Å². The summed E-state index contributed by atoms with van der Waals surface area (Å²) in [6, 6.07) is 10.3. The van der Waals surface area contributed by atoms with Crippen molar-refractivity contribution < 1.29 is 4.79 Å². The molecule has 1 aromatic heterocycles. The lowest BCUT2D eigenvalue weighted by Gasteiger charge is -2.36. The van der Waals surface area contributed by atoms with Crippen LogP contribution in [0.25, 0.3) is 0 Å². The molecule has 1 aromatic carbocycles. The zero-order valence-corrected chi connectivity index (χ0v) is 14.6. The number of thiophene rings is 1. The van der Waals surface area contributed by atoms with Gasteiger partial charge < -0.3 is 17.2 Å². The van der Waals surface area contributed by atoms with Crippen LogP contribution >= 0.6 is 11.3 Å². The lowest BCUT2D eigenvalue weighted by Crippen LogP contribution is -2.36. The van der Waals surface area contributed by atoms with Gasteiger partial charge in [-0.25, -0.2) is 4.99 Å². The number of hydrogen-bond donors (Lipinski definition) is 3. The maximum absolute atomic E-state index is 11.7. The molecule has 25 heavy (non-hydrogen) atoms. The summed E-state index contributed by atoms with van der Waals surface area (Å²) < 4.78 is 0. The zero-order chi connectivity index (χ0) is 17.9. The SMILES string of the molecule is NC=NC=NCC1(c2ccccc2)CCc2c(sc(N)c2C(N)=O)C1. The molecule has 0 aliphatic heterocycles. The van der Waals surface area contributed by atoms with Crippen LogP contribution in [0.2, 0.25) is 0 Å². The van der Waals surface area contributed by atoms with Gasteiger partial charge in [-0.15, -0.1) is 11.3 Å². The first-order valence-electron chi connectivity index (χ1n) is 8.04. The van der Waals surface area contributed by atoms with Crippen LogP contribution in [-0.2, 0) is 18.3 Å². The second-order valence-electron chi connectivity index (χ2n) is 6.18. The minimum Gasteiger partial charge on any atom is -0.390 e. The Kier molecular flexibility index (Phi) is 4.85. The van der Waals surface area contributed by atoms with Crippen molar-refractivity contribution in [3.8, 4) is 0 Å². The molecule has 6 nitrogen and oxygen atoms in total. The lowest BCUT2D eigenvalue weighted by molar-refractivity contribution is 0.1000. The number of hydrogen-bond acceptors (Lipinski definition) is 4. The van der Waals surface area contributed by atoms with E-state index in [4.69, 9.17) is 17.2 Å². The lowest BCUT2D eigenvalue weighted by atomic mass is 9.69. The molecule has 0 bridgehead atoms. The summed E-state index contributed by atoms with van der Waals surface area (Å²) >= 11 is 1.46. The van der Waals surface area contributed by atoms with Gasteiger partial charge in [0.15, 0.2) is 0 Å². The molecule has 1 atom stereocenters. The second-order valence-corrected chi connectivity index (χ2v) is 7.32. The Morgan fingerprint density at radius 1 is 1.32 bits per heavy atom. The van der Waals surface area contributed by atoms with E-state index < -0.39 is 5.91 Å². The highest BCUT2D eigenvalue weighted by Crippen LogP contribution is 2.44. The molecule has 1 aliphatic rings. The molecule has 1 heterocycles. The number of anilines is 1. The highest BCUT2D eigenvalue weighted by molar-refractivity contribution is 7.16. The predicted octanol–water partition coefficient (Wildman–Crippen LogP) is 1.87. The second kappa shape index (κ2) is 7.06. The van der Waals surface area contributed by atoms with Gasteiger partial charge in [0.05, 0.1) is 23.4 Å². The van der Waals surface area contributed by atoms with Crippen LogP contribution in [0.4, 0.5) is 5.00 Å². The topological polar surface area (TPSA) is 120 Å². The largest absolute Gasteiger partial charge is 0.390 e. The third kappa shape index (κ3) is 3.28. The first-order valence-corrected chi connectivity index (χ1v) is 8.86. The van der Waals surface area contributed by atoms with Gasteiger partial charge in [0.1, 0.15) is 6.34 Å². The summed E-state index contributed by atoms with van der Waals surface area (Å²) in [6.45, 7) is 0.595. The van der Waals surface area contributed by atoms with E-state index in [1.807, 2.05) is 18.2 Å². The van der Waals surface area contributed by atoms with Crippen molar-refractivity contribution in [3.05, 3.63) is 51.9 Å². The number of carbonyl (C=O) groups excluding carboxylic acids is 1. The van der Waals surface area contributed by atoms with Crippen LogP contribution in [0.3, 0.4) is 0 Å². The van der Waals surface area contributed by atoms with Crippen molar-refractivity contribution in [1.29, 1.82) is 0 Å². The highest BCUT2D eigenvalue weighted by atomic mass is 32.1. The first kappa shape index (κ1) is 17.2. The number of nitrogen functional groups attached to an aromatic ring is 1. The molecule has 1 amide bonds. The quantitative estimate of drug-likeness (QED) is 0.561. The molecular formula is C18H21N5OS. The van der Waals surface area contributed by atoms with Crippen LogP contribution in [0, 0.1) is 0 Å². The van der Waals surface area contributed by atoms with E-state index in [2.05, 4.69) is 22.1 Å². The van der Waals surface area contributed by atoms with E-state index in [1.54, 1.807) is 0 Å². The summed E-state index contributed by atoms with van der Waals surface area (Å²) in [5, 5.41) is 0.512. The molecule has 2 aromatic rings. The number of carbonyl (C=O) groups is 1. The normalized spacial score (nSPS) is 20.2. The zero-order valence-electron chi connectivity index (χ0n) is 13.8. The van der Waals surface area contributed by atoms with Crippen LogP contribution in [0.5, 0.6) is 0 Å². The molecule has 0 radical (unpaired) electrons. The number of benzene rings is 1. The molecule has 3 rings (SSSR count). The Hall–Kier alpha value is -2.67. The summed E-state index contributed by atoms with van der Waals surface area (Å²) in [6.07, 6.45) is 5.10. The number of nitrogens with zero attached hydrogens (tertiary/aromatic N) is 2. The van der Waals surface area contributed by atoms with Crippen LogP contribution < -0.4 is 17.2 Å². The first-order chi connectivity index (χ1) is 12.1. The molecule has 0 saturated heterocycles. The number of aliphatic imine (C=N–C) groups is 2. The van der Waals surface area contributed by atoms with E-state index in [0.29, 0.717) is 17.1 Å². The van der Waals surface area contributed by atoms with E-state index in [-0.39, 0.29) is 5.41 Å². The number of primary amides is 1. The Bertz CT molecular complexity index is 827. The summed E-state index contributed by atoms with van der Waals surface area (Å²) in [5.74, 6) is -0.447. The fourth-order valence-electron chi connectivity index (χ4n) is 3.54. The van der Waals surface area contributed by atoms with Gasteiger partial charge in [0.25, 0.3) is 5.91 Å². The average molecular weight is 355 g/mol. The fraction of sp³-hybridized carbons (Fsp3) is 0.278. The van der Waals surface area contributed by atoms with Crippen molar-refractivity contribution in [3.63, 3.8) is 0 Å². The number of amides is 1. The molecule has 0 fully saturated rings. The molecular weight excluding hydrogens is 334 g/mol. The third-order valence-corrected chi connectivity index (χ3v) is 5.79. The highest BCUT2D eigenvalue weighted by Gasteiger charge is 2.38. The predicted molar refractivity (Wildman–Crippen MR) is 103 cm³/mol. The molecule has 6 N–H and O–H groups in total. The number of nitrogens with two attached hydrogens (primary N) is 3. The summed E-state index contributed by atoms with van der Waals surface area (Å²) in [4.78, 5) is 21.2. The maximum Gasteiger partial charge on any atom is 0.251 e. The van der Waals surface area contributed by atoms with Crippen LogP contribution in [0.15, 0.2) is 40.3 Å². The third-order valence-electron chi connectivity index (χ3n) is 4.73. The molecule has 0 saturated carbocycles. The Labute approximate surface area is 150 Å². The molecule has 7 heteroatoms. The fourth-order valence-corrected chi connectivity index (χ4v) is 4.80. The van der Waals surface area contributed by atoms with Crippen molar-refractivity contribution in [2.24, 2.45) is 21.5 Å². The number of rotatable bonds is 5. The Morgan fingerprint density at radius 2 is 2.08 bits per heavy atom. The molecule has 1 unspecified atom stereocenters. The van der Waals surface area contributed by atoms with Crippen LogP contribution in [-0.4, -0.2) is 25.1 Å². The molecule has 1 aliphatic carbocycles. The van der Waals surface area contributed by atoms with Gasteiger partial charge >= 0.3 is 0 Å². The van der Waals surface area contributed by atoms with E-state index in [0.717, 1.165) is 29.7 Å². The minimum absolute atomic E-state index is 0.152. The number of fused-ring (bicyclic) bond motifs is 1. The standard InChI is InChI=1S/C18H21N5OS/c19-10-23-11-22-9-18(12-4-2-1-3-5-12)7-6-13-14(8-18)25-17(21)15(13)16(20)24/h1-5,10-11H,6-9,21H2,(H2,20,24)(H2,19,22,23). The van der Waals surface area contributed by atoms with Crippen molar-refractivity contribution in [1.82, 2.24) is 0 Å². The van der Waals surface area contributed by atoms with E-state index in [1.165, 1.54) is 29.6 Å². The average Bonchev–Trinajstić information content (AvgIpc) is 2.94. The van der Waals surface area contributed by atoms with Gasteiger partial charge in [-0.2, -0.15) is 0 Å². The summed E-state index contributed by atoms with van der Waals surface area (Å²) in [5.41, 5.74) is 19.4. The molecule has 130 valence electrons. The van der Waals surface area contributed by atoms with E-state index in [9.17, 15) is 4.79 Å². The smallest absolute Gasteiger partial charge is 0.251 e. The van der Waals surface area contributed by atoms with Crippen molar-refractivity contribution >= 4 is 34.9 Å². The monoisotopic (exact) mass is 355 g/mol. The summed E-state index contributed by atoms with van der Waals surface area (Å²) in [7, 11) is 0. The van der Waals surface area contributed by atoms with Crippen molar-refractivity contribution in [2.75, 3.05) is 12.3 Å².